The Morgan fingerprint density at radius 3 is 0.817 bits per heavy atom. The van der Waals surface area contributed by atoms with Gasteiger partial charge in [0.1, 0.15) is 19.3 Å². The van der Waals surface area contributed by atoms with E-state index in [0.717, 1.165) is 108 Å². The molecule has 0 rings (SSSR count). The maximum Gasteiger partial charge on any atom is 0.472 e. The second-order valence-electron chi connectivity index (χ2n) is 27.4. The van der Waals surface area contributed by atoms with Crippen molar-refractivity contribution in [3.63, 3.8) is 0 Å². The van der Waals surface area contributed by atoms with Crippen molar-refractivity contribution in [3.8, 4) is 0 Å². The maximum absolute atomic E-state index is 13.1. The van der Waals surface area contributed by atoms with Crippen molar-refractivity contribution in [3.05, 3.63) is 0 Å². The molecule has 0 spiro atoms. The van der Waals surface area contributed by atoms with Gasteiger partial charge in [0.2, 0.25) is 0 Å². The Labute approximate surface area is 568 Å². The van der Waals surface area contributed by atoms with Gasteiger partial charge in [0, 0.05) is 25.7 Å². The summed E-state index contributed by atoms with van der Waals surface area (Å²) in [5.74, 6) is -0.483. The third-order valence-corrected chi connectivity index (χ3v) is 19.5. The van der Waals surface area contributed by atoms with Crippen LogP contribution in [0.5, 0.6) is 0 Å². The molecule has 0 aliphatic carbocycles. The first-order valence-electron chi connectivity index (χ1n) is 38.5. The Bertz CT molecular complexity index is 1810. The molecule has 0 aromatic heterocycles. The van der Waals surface area contributed by atoms with Crippen LogP contribution in [0.25, 0.3) is 0 Å². The largest absolute Gasteiger partial charge is 0.472 e. The number of phosphoric ester groups is 2. The molecule has 0 saturated carbocycles. The zero-order chi connectivity index (χ0) is 68.6. The van der Waals surface area contributed by atoms with Crippen LogP contribution in [-0.2, 0) is 65.4 Å². The SMILES string of the molecule is CCCCCCCCCCCCCCCC(=O)O[C@H](COC(=O)CCCCCCC)COP(=O)(O)OC[C@H](O)COP(=O)(O)OC[C@@H](COC(=O)CCCCCCCCCCCCCCCCC(C)C)OC(=O)CCCCCCCCCCCCCCCCC(C)CC. The molecular weight excluding hydrogens is 1220 g/mol. The lowest BCUT2D eigenvalue weighted by Gasteiger charge is -2.21. The van der Waals surface area contributed by atoms with Crippen LogP contribution in [0.4, 0.5) is 0 Å². The van der Waals surface area contributed by atoms with Crippen LogP contribution in [-0.4, -0.2) is 96.7 Å². The highest BCUT2D eigenvalue weighted by molar-refractivity contribution is 7.47. The third-order valence-electron chi connectivity index (χ3n) is 17.6. The number of aliphatic hydroxyl groups is 1. The van der Waals surface area contributed by atoms with Gasteiger partial charge < -0.3 is 33.8 Å². The first-order valence-corrected chi connectivity index (χ1v) is 41.5. The van der Waals surface area contributed by atoms with E-state index in [0.29, 0.717) is 25.7 Å². The third kappa shape index (κ3) is 67.0. The molecule has 93 heavy (non-hydrogen) atoms. The normalized spacial score (nSPS) is 14.3. The standard InChI is InChI=1S/C74H144O17P2/c1-7-10-12-14-15-16-17-22-30-35-40-46-52-58-73(78)90-69(62-84-71(76)56-50-42-13-11-8-2)64-88-92(80,81)86-60-68(75)61-87-93(82,83)89-65-70(63-85-72(77)57-51-45-39-34-29-25-20-18-23-27-32-37-43-48-54-66(4)5)91-74(79)59-53-47-41-36-31-26-21-19-24-28-33-38-44-49-55-67(6)9-3/h66-70,75H,7-65H2,1-6H3,(H,80,81)(H,82,83)/t67?,68-,69+,70+/m0/s1. The summed E-state index contributed by atoms with van der Waals surface area (Å²) < 4.78 is 68.2. The summed E-state index contributed by atoms with van der Waals surface area (Å²) in [5, 5.41) is 10.6. The van der Waals surface area contributed by atoms with Crippen LogP contribution < -0.4 is 0 Å². The summed E-state index contributed by atoms with van der Waals surface area (Å²) in [6.07, 6.45) is 53.0. The van der Waals surface area contributed by atoms with Crippen LogP contribution in [0.15, 0.2) is 0 Å². The monoisotopic (exact) mass is 1370 g/mol. The summed E-state index contributed by atoms with van der Waals surface area (Å²) in [4.78, 5) is 72.5. The highest BCUT2D eigenvalue weighted by atomic mass is 31.2. The van der Waals surface area contributed by atoms with Gasteiger partial charge in [-0.1, -0.05) is 330 Å². The predicted molar refractivity (Wildman–Crippen MR) is 377 cm³/mol. The van der Waals surface area contributed by atoms with Gasteiger partial charge in [0.15, 0.2) is 12.2 Å². The minimum Gasteiger partial charge on any atom is -0.462 e. The number of esters is 4. The molecule has 0 saturated heterocycles. The Balaban J connectivity index is 5.15. The van der Waals surface area contributed by atoms with E-state index in [1.54, 1.807) is 0 Å². The number of ether oxygens (including phenoxy) is 4. The first kappa shape index (κ1) is 91.1. The molecule has 17 nitrogen and oxygen atoms in total. The number of phosphoric acid groups is 2. The smallest absolute Gasteiger partial charge is 0.462 e. The van der Waals surface area contributed by atoms with Crippen molar-refractivity contribution in [2.75, 3.05) is 39.6 Å². The molecular formula is C74H144O17P2. The number of unbranched alkanes of at least 4 members (excludes halogenated alkanes) is 42. The zero-order valence-corrected chi connectivity index (χ0v) is 62.3. The van der Waals surface area contributed by atoms with Crippen molar-refractivity contribution < 1.29 is 80.2 Å². The summed E-state index contributed by atoms with van der Waals surface area (Å²) >= 11 is 0. The van der Waals surface area contributed by atoms with Gasteiger partial charge in [-0.05, 0) is 37.5 Å². The van der Waals surface area contributed by atoms with Crippen molar-refractivity contribution >= 4 is 39.5 Å². The highest BCUT2D eigenvalue weighted by Crippen LogP contribution is 2.45. The van der Waals surface area contributed by atoms with E-state index in [9.17, 15) is 43.2 Å². The molecule has 552 valence electrons. The summed E-state index contributed by atoms with van der Waals surface area (Å²) in [7, 11) is -9.90. The topological polar surface area (TPSA) is 237 Å². The molecule has 0 aliphatic heterocycles. The van der Waals surface area contributed by atoms with E-state index in [2.05, 4.69) is 41.5 Å². The van der Waals surface area contributed by atoms with Crippen molar-refractivity contribution in [1.82, 2.24) is 0 Å². The van der Waals surface area contributed by atoms with Gasteiger partial charge >= 0.3 is 39.5 Å². The minimum atomic E-state index is -4.95. The van der Waals surface area contributed by atoms with Crippen LogP contribution in [0.3, 0.4) is 0 Å². The molecule has 0 heterocycles. The van der Waals surface area contributed by atoms with E-state index in [1.165, 1.54) is 193 Å². The van der Waals surface area contributed by atoms with E-state index in [4.69, 9.17) is 37.0 Å². The quantitative estimate of drug-likeness (QED) is 0.0222. The summed E-state index contributed by atoms with van der Waals surface area (Å²) in [5.41, 5.74) is 0. The molecule has 0 fully saturated rings. The molecule has 0 aromatic carbocycles. The fourth-order valence-electron chi connectivity index (χ4n) is 11.3. The fourth-order valence-corrected chi connectivity index (χ4v) is 12.8. The van der Waals surface area contributed by atoms with Gasteiger partial charge in [-0.3, -0.25) is 37.3 Å². The molecule has 3 N–H and O–H groups in total. The lowest BCUT2D eigenvalue weighted by atomic mass is 9.99. The van der Waals surface area contributed by atoms with Gasteiger partial charge in [-0.2, -0.15) is 0 Å². The van der Waals surface area contributed by atoms with Gasteiger partial charge in [0.05, 0.1) is 26.4 Å². The molecule has 19 heteroatoms. The Kier molecular flexibility index (Phi) is 64.6. The van der Waals surface area contributed by atoms with Crippen LogP contribution in [0, 0.1) is 11.8 Å². The molecule has 0 aliphatic rings. The van der Waals surface area contributed by atoms with Gasteiger partial charge in [-0.25, -0.2) is 9.13 Å². The zero-order valence-electron chi connectivity index (χ0n) is 60.6. The van der Waals surface area contributed by atoms with E-state index < -0.39 is 97.5 Å². The van der Waals surface area contributed by atoms with Crippen molar-refractivity contribution in [1.29, 1.82) is 0 Å². The van der Waals surface area contributed by atoms with E-state index in [-0.39, 0.29) is 25.7 Å². The Morgan fingerprint density at radius 2 is 0.548 bits per heavy atom. The molecule has 0 bridgehead atoms. The van der Waals surface area contributed by atoms with Gasteiger partial charge in [0.25, 0.3) is 0 Å². The Hall–Kier alpha value is -1.94. The van der Waals surface area contributed by atoms with Gasteiger partial charge in [-0.15, -0.1) is 0 Å². The minimum absolute atomic E-state index is 0.107. The molecule has 6 atom stereocenters. The lowest BCUT2D eigenvalue weighted by molar-refractivity contribution is -0.161. The number of aliphatic hydroxyl groups excluding tert-OH is 1. The number of carbonyl (C=O) groups excluding carboxylic acids is 4. The average Bonchev–Trinajstić information content (AvgIpc) is 1.69. The second kappa shape index (κ2) is 66.0. The molecule has 0 aromatic rings. The number of hydrogen-bond donors (Lipinski definition) is 3. The number of carbonyl (C=O) groups is 4. The lowest BCUT2D eigenvalue weighted by Crippen LogP contribution is -2.30. The first-order chi connectivity index (χ1) is 44.9. The van der Waals surface area contributed by atoms with E-state index in [1.807, 2.05) is 0 Å². The fraction of sp³-hybridized carbons (Fsp3) is 0.946. The summed E-state index contributed by atoms with van der Waals surface area (Å²) in [6, 6.07) is 0. The maximum atomic E-state index is 13.1. The van der Waals surface area contributed by atoms with Crippen LogP contribution >= 0.6 is 15.6 Å². The molecule has 3 unspecified atom stereocenters. The van der Waals surface area contributed by atoms with Crippen LogP contribution in [0.1, 0.15) is 382 Å². The van der Waals surface area contributed by atoms with Crippen LogP contribution in [0.2, 0.25) is 0 Å². The van der Waals surface area contributed by atoms with E-state index >= 15 is 0 Å². The number of hydrogen-bond acceptors (Lipinski definition) is 15. The Morgan fingerprint density at radius 1 is 0.312 bits per heavy atom. The second-order valence-corrected chi connectivity index (χ2v) is 30.3. The summed E-state index contributed by atoms with van der Waals surface area (Å²) in [6.45, 7) is 9.58. The van der Waals surface area contributed by atoms with Crippen molar-refractivity contribution in [2.45, 2.75) is 400 Å². The molecule has 0 radical (unpaired) electrons. The number of rotatable bonds is 73. The average molecular weight is 1370 g/mol. The predicted octanol–water partition coefficient (Wildman–Crippen LogP) is 21.6. The highest BCUT2D eigenvalue weighted by Gasteiger charge is 2.30. The molecule has 0 amide bonds. The van der Waals surface area contributed by atoms with Crippen molar-refractivity contribution in [2.24, 2.45) is 11.8 Å².